The number of hydrogen-bond donors (Lipinski definition) is 2. The number of nitrogens with zero attached hydrogens (tertiary/aromatic N) is 1. The molecule has 1 aliphatic heterocycles. The standard InChI is InChI=1S/C13H18N2O4/c1-18-10-3-5-15-9(11(10)19-2)7-13(12(16)17)4-6-14-8-13/h3,5,14H,4,6-8H2,1-2H3,(H,16,17). The molecule has 6 nitrogen and oxygen atoms in total. The van der Waals surface area contributed by atoms with Crippen LogP contribution in [0.5, 0.6) is 11.5 Å². The number of rotatable bonds is 5. The van der Waals surface area contributed by atoms with Gasteiger partial charge in [-0.2, -0.15) is 0 Å². The molecule has 0 bridgehead atoms. The van der Waals surface area contributed by atoms with Gasteiger partial charge in [-0.25, -0.2) is 0 Å². The second kappa shape index (κ2) is 5.44. The van der Waals surface area contributed by atoms with Gasteiger partial charge in [0.2, 0.25) is 0 Å². The van der Waals surface area contributed by atoms with Gasteiger partial charge in [-0.15, -0.1) is 0 Å². The number of pyridine rings is 1. The van der Waals surface area contributed by atoms with Gasteiger partial charge in [-0.1, -0.05) is 0 Å². The van der Waals surface area contributed by atoms with Crippen LogP contribution in [0.3, 0.4) is 0 Å². The number of aromatic nitrogens is 1. The normalized spacial score (nSPS) is 22.2. The van der Waals surface area contributed by atoms with Crippen LogP contribution in [0.1, 0.15) is 12.1 Å². The minimum atomic E-state index is -0.813. The van der Waals surface area contributed by atoms with Crippen molar-refractivity contribution in [3.63, 3.8) is 0 Å². The van der Waals surface area contributed by atoms with Gasteiger partial charge in [0.25, 0.3) is 0 Å². The van der Waals surface area contributed by atoms with Crippen molar-refractivity contribution in [3.8, 4) is 11.5 Å². The largest absolute Gasteiger partial charge is 0.493 e. The summed E-state index contributed by atoms with van der Waals surface area (Å²) in [5.74, 6) is 0.278. The molecule has 1 aliphatic rings. The lowest BCUT2D eigenvalue weighted by Crippen LogP contribution is -2.36. The first-order valence-electron chi connectivity index (χ1n) is 6.13. The van der Waals surface area contributed by atoms with Gasteiger partial charge in [-0.05, 0) is 13.0 Å². The highest BCUT2D eigenvalue weighted by Gasteiger charge is 2.42. The van der Waals surface area contributed by atoms with Crippen molar-refractivity contribution in [1.82, 2.24) is 10.3 Å². The number of carboxylic acid groups (broad SMARTS) is 1. The second-order valence-electron chi connectivity index (χ2n) is 4.68. The van der Waals surface area contributed by atoms with E-state index >= 15 is 0 Å². The lowest BCUT2D eigenvalue weighted by Gasteiger charge is -2.23. The van der Waals surface area contributed by atoms with Crippen molar-refractivity contribution in [2.45, 2.75) is 12.8 Å². The lowest BCUT2D eigenvalue weighted by atomic mass is 9.82. The molecule has 0 spiro atoms. The predicted octanol–water partition coefficient (Wildman–Crippen LogP) is 0.706. The van der Waals surface area contributed by atoms with E-state index in [4.69, 9.17) is 9.47 Å². The first-order chi connectivity index (χ1) is 9.13. The Morgan fingerprint density at radius 3 is 2.84 bits per heavy atom. The zero-order chi connectivity index (χ0) is 13.9. The van der Waals surface area contributed by atoms with E-state index in [0.717, 1.165) is 0 Å². The average molecular weight is 266 g/mol. The Morgan fingerprint density at radius 2 is 2.32 bits per heavy atom. The van der Waals surface area contributed by atoms with E-state index in [2.05, 4.69) is 10.3 Å². The third kappa shape index (κ3) is 2.49. The molecule has 1 saturated heterocycles. The van der Waals surface area contributed by atoms with Crippen LogP contribution in [-0.4, -0.2) is 43.4 Å². The number of methoxy groups -OCH3 is 2. The predicted molar refractivity (Wildman–Crippen MR) is 68.6 cm³/mol. The molecule has 0 aromatic carbocycles. The van der Waals surface area contributed by atoms with E-state index in [0.29, 0.717) is 43.1 Å². The molecule has 0 aliphatic carbocycles. The number of carboxylic acids is 1. The van der Waals surface area contributed by atoms with E-state index in [1.807, 2.05) is 0 Å². The smallest absolute Gasteiger partial charge is 0.311 e. The lowest BCUT2D eigenvalue weighted by molar-refractivity contribution is -0.147. The minimum absolute atomic E-state index is 0.329. The van der Waals surface area contributed by atoms with Gasteiger partial charge in [0.1, 0.15) is 0 Å². The zero-order valence-corrected chi connectivity index (χ0v) is 11.1. The summed E-state index contributed by atoms with van der Waals surface area (Å²) in [5, 5.41) is 12.6. The van der Waals surface area contributed by atoms with E-state index < -0.39 is 11.4 Å². The number of aliphatic carboxylic acids is 1. The quantitative estimate of drug-likeness (QED) is 0.816. The number of hydrogen-bond acceptors (Lipinski definition) is 5. The van der Waals surface area contributed by atoms with E-state index in [-0.39, 0.29) is 0 Å². The molecule has 1 aromatic rings. The first-order valence-corrected chi connectivity index (χ1v) is 6.13. The van der Waals surface area contributed by atoms with Crippen LogP contribution >= 0.6 is 0 Å². The fraction of sp³-hybridized carbons (Fsp3) is 0.538. The maximum absolute atomic E-state index is 11.5. The molecule has 1 aromatic heterocycles. The maximum atomic E-state index is 11.5. The summed E-state index contributed by atoms with van der Waals surface area (Å²) in [6.45, 7) is 1.16. The number of ether oxygens (including phenoxy) is 2. The molecule has 2 N–H and O–H groups in total. The monoisotopic (exact) mass is 266 g/mol. The first kappa shape index (κ1) is 13.6. The molecule has 6 heteroatoms. The fourth-order valence-corrected chi connectivity index (χ4v) is 2.45. The van der Waals surface area contributed by atoms with Crippen LogP contribution in [0.2, 0.25) is 0 Å². The summed E-state index contributed by atoms with van der Waals surface area (Å²) in [4.78, 5) is 15.8. The van der Waals surface area contributed by atoms with Crippen LogP contribution in [0.4, 0.5) is 0 Å². The summed E-state index contributed by atoms with van der Waals surface area (Å²) in [7, 11) is 3.08. The zero-order valence-electron chi connectivity index (χ0n) is 11.1. The van der Waals surface area contributed by atoms with Gasteiger partial charge in [0, 0.05) is 25.2 Å². The summed E-state index contributed by atoms with van der Waals surface area (Å²) < 4.78 is 10.5. The number of carbonyl (C=O) groups is 1. The van der Waals surface area contributed by atoms with Gasteiger partial charge in [-0.3, -0.25) is 9.78 Å². The highest BCUT2D eigenvalue weighted by atomic mass is 16.5. The van der Waals surface area contributed by atoms with Crippen molar-refractivity contribution in [2.24, 2.45) is 5.41 Å². The van der Waals surface area contributed by atoms with Gasteiger partial charge in [0.15, 0.2) is 11.5 Å². The van der Waals surface area contributed by atoms with Crippen molar-refractivity contribution >= 4 is 5.97 Å². The molecule has 1 unspecified atom stereocenters. The molecule has 2 heterocycles. The van der Waals surface area contributed by atoms with Crippen LogP contribution < -0.4 is 14.8 Å². The Bertz CT molecular complexity index is 470. The molecular weight excluding hydrogens is 248 g/mol. The van der Waals surface area contributed by atoms with Crippen molar-refractivity contribution in [1.29, 1.82) is 0 Å². The molecule has 104 valence electrons. The van der Waals surface area contributed by atoms with Gasteiger partial charge in [0.05, 0.1) is 25.3 Å². The Labute approximate surface area is 111 Å². The summed E-state index contributed by atoms with van der Waals surface area (Å²) >= 11 is 0. The van der Waals surface area contributed by atoms with Crippen molar-refractivity contribution in [2.75, 3.05) is 27.3 Å². The second-order valence-corrected chi connectivity index (χ2v) is 4.68. The van der Waals surface area contributed by atoms with Gasteiger partial charge >= 0.3 is 5.97 Å². The van der Waals surface area contributed by atoms with E-state index in [9.17, 15) is 9.90 Å². The van der Waals surface area contributed by atoms with E-state index in [1.165, 1.54) is 7.11 Å². The topological polar surface area (TPSA) is 80.7 Å². The summed E-state index contributed by atoms with van der Waals surface area (Å²) in [6, 6.07) is 1.70. The fourth-order valence-electron chi connectivity index (χ4n) is 2.45. The van der Waals surface area contributed by atoms with Crippen LogP contribution in [0.15, 0.2) is 12.3 Å². The highest BCUT2D eigenvalue weighted by Crippen LogP contribution is 2.36. The Kier molecular flexibility index (Phi) is 3.90. The molecular formula is C13H18N2O4. The highest BCUT2D eigenvalue weighted by molar-refractivity contribution is 5.76. The summed E-state index contributed by atoms with van der Waals surface area (Å²) in [6.07, 6.45) is 2.52. The third-order valence-corrected chi connectivity index (χ3v) is 3.57. The molecule has 2 rings (SSSR count). The molecule has 1 atom stereocenters. The van der Waals surface area contributed by atoms with E-state index in [1.54, 1.807) is 19.4 Å². The van der Waals surface area contributed by atoms with Crippen molar-refractivity contribution < 1.29 is 19.4 Å². The SMILES string of the molecule is COc1ccnc(CC2(C(=O)O)CCNC2)c1OC. The minimum Gasteiger partial charge on any atom is -0.493 e. The summed E-state index contributed by atoms with van der Waals surface area (Å²) in [5.41, 5.74) is -0.194. The average Bonchev–Trinajstić information content (AvgIpc) is 2.88. The van der Waals surface area contributed by atoms with Crippen molar-refractivity contribution in [3.05, 3.63) is 18.0 Å². The molecule has 1 fully saturated rings. The maximum Gasteiger partial charge on any atom is 0.311 e. The van der Waals surface area contributed by atoms with Gasteiger partial charge < -0.3 is 19.9 Å². The molecule has 0 saturated carbocycles. The Balaban J connectivity index is 2.34. The molecule has 19 heavy (non-hydrogen) atoms. The Morgan fingerprint density at radius 1 is 1.53 bits per heavy atom. The van der Waals surface area contributed by atoms with Crippen LogP contribution in [0, 0.1) is 5.41 Å². The number of nitrogens with one attached hydrogen (secondary N) is 1. The molecule has 0 radical (unpaired) electrons. The third-order valence-electron chi connectivity index (χ3n) is 3.57. The Hall–Kier alpha value is -1.82. The van der Waals surface area contributed by atoms with Crippen LogP contribution in [-0.2, 0) is 11.2 Å². The van der Waals surface area contributed by atoms with Crippen LogP contribution in [0.25, 0.3) is 0 Å². The molecule has 0 amide bonds.